The van der Waals surface area contributed by atoms with E-state index in [0.29, 0.717) is 0 Å². The number of aryl methyl sites for hydroxylation is 1. The first-order valence-corrected chi connectivity index (χ1v) is 8.26. The van der Waals surface area contributed by atoms with Crippen LogP contribution in [-0.2, 0) is 0 Å². The highest BCUT2D eigenvalue weighted by Crippen LogP contribution is 2.27. The predicted octanol–water partition coefficient (Wildman–Crippen LogP) is 4.61. The van der Waals surface area contributed by atoms with Gasteiger partial charge < -0.3 is 15.0 Å². The van der Waals surface area contributed by atoms with E-state index < -0.39 is 0 Å². The van der Waals surface area contributed by atoms with Crippen molar-refractivity contribution in [2.24, 2.45) is 0 Å². The Morgan fingerprint density at radius 3 is 2.40 bits per heavy atom. The molecule has 0 heterocycles. The van der Waals surface area contributed by atoms with Crippen molar-refractivity contribution in [3.8, 4) is 5.75 Å². The first-order valence-electron chi connectivity index (χ1n) is 8.26. The molecule has 0 bridgehead atoms. The topological polar surface area (TPSA) is 41.6 Å². The molecule has 0 aliphatic carbocycles. The van der Waals surface area contributed by atoms with Crippen LogP contribution < -0.4 is 10.1 Å². The summed E-state index contributed by atoms with van der Waals surface area (Å²) in [5.74, 6) is 0.454. The molecule has 0 aliphatic rings. The van der Waals surface area contributed by atoms with E-state index in [0.717, 1.165) is 22.4 Å². The summed E-state index contributed by atoms with van der Waals surface area (Å²) in [5.41, 5.74) is 2.91. The quantitative estimate of drug-likeness (QED) is 0.861. The van der Waals surface area contributed by atoms with Crippen LogP contribution in [0.5, 0.6) is 5.75 Å². The molecule has 2 amide bonds. The summed E-state index contributed by atoms with van der Waals surface area (Å²) in [6, 6.07) is 11.5. The van der Waals surface area contributed by atoms with E-state index in [1.165, 1.54) is 12.1 Å². The number of benzene rings is 2. The lowest BCUT2D eigenvalue weighted by Crippen LogP contribution is -2.40. The van der Waals surface area contributed by atoms with Crippen LogP contribution in [0.25, 0.3) is 0 Å². The number of rotatable bonds is 5. The van der Waals surface area contributed by atoms with Crippen molar-refractivity contribution < 1.29 is 13.9 Å². The fraction of sp³-hybridized carbons (Fsp3) is 0.350. The van der Waals surface area contributed by atoms with Crippen LogP contribution in [0, 0.1) is 12.7 Å². The molecule has 4 nitrogen and oxygen atoms in total. The van der Waals surface area contributed by atoms with Gasteiger partial charge in [0, 0.05) is 12.6 Å². The SMILES string of the molecule is COc1ccc(C)cc1[C@H](C)NC(=O)N(C)[C@@H](C)c1ccc(F)cc1. The van der Waals surface area contributed by atoms with Crippen molar-refractivity contribution in [1.82, 2.24) is 10.2 Å². The molecule has 0 unspecified atom stereocenters. The van der Waals surface area contributed by atoms with Gasteiger partial charge in [0.25, 0.3) is 0 Å². The summed E-state index contributed by atoms with van der Waals surface area (Å²) in [7, 11) is 3.34. The average molecular weight is 344 g/mol. The Kier molecular flexibility index (Phi) is 6.02. The number of hydrogen-bond acceptors (Lipinski definition) is 2. The Morgan fingerprint density at radius 2 is 1.80 bits per heavy atom. The van der Waals surface area contributed by atoms with Gasteiger partial charge in [0.1, 0.15) is 11.6 Å². The fourth-order valence-electron chi connectivity index (χ4n) is 2.70. The molecular formula is C20H25FN2O2. The van der Waals surface area contributed by atoms with Gasteiger partial charge in [0.05, 0.1) is 19.2 Å². The second-order valence-corrected chi connectivity index (χ2v) is 6.26. The first kappa shape index (κ1) is 18.8. The van der Waals surface area contributed by atoms with E-state index in [1.807, 2.05) is 39.0 Å². The van der Waals surface area contributed by atoms with Crippen molar-refractivity contribution >= 4 is 6.03 Å². The van der Waals surface area contributed by atoms with Crippen LogP contribution in [-0.4, -0.2) is 25.1 Å². The first-order chi connectivity index (χ1) is 11.8. The smallest absolute Gasteiger partial charge is 0.318 e. The molecule has 1 N–H and O–H groups in total. The highest BCUT2D eigenvalue weighted by Gasteiger charge is 2.21. The second kappa shape index (κ2) is 8.01. The summed E-state index contributed by atoms with van der Waals surface area (Å²) in [5, 5.41) is 2.99. The Balaban J connectivity index is 2.10. The van der Waals surface area contributed by atoms with E-state index in [-0.39, 0.29) is 23.9 Å². The maximum atomic E-state index is 13.1. The van der Waals surface area contributed by atoms with E-state index in [1.54, 1.807) is 31.2 Å². The van der Waals surface area contributed by atoms with Gasteiger partial charge in [-0.25, -0.2) is 9.18 Å². The Labute approximate surface area is 148 Å². The number of nitrogens with zero attached hydrogens (tertiary/aromatic N) is 1. The summed E-state index contributed by atoms with van der Waals surface area (Å²) >= 11 is 0. The Morgan fingerprint density at radius 1 is 1.16 bits per heavy atom. The van der Waals surface area contributed by atoms with E-state index >= 15 is 0 Å². The molecule has 25 heavy (non-hydrogen) atoms. The normalized spacial score (nSPS) is 13.0. The number of methoxy groups -OCH3 is 1. The minimum Gasteiger partial charge on any atom is -0.496 e. The lowest BCUT2D eigenvalue weighted by atomic mass is 10.0. The molecule has 0 saturated heterocycles. The minimum absolute atomic E-state index is 0.174. The van der Waals surface area contributed by atoms with Crippen molar-refractivity contribution in [3.05, 3.63) is 65.0 Å². The third-order valence-corrected chi connectivity index (χ3v) is 4.45. The molecular weight excluding hydrogens is 319 g/mol. The number of hydrogen-bond donors (Lipinski definition) is 1. The molecule has 0 aliphatic heterocycles. The van der Waals surface area contributed by atoms with Gasteiger partial charge in [-0.15, -0.1) is 0 Å². The second-order valence-electron chi connectivity index (χ2n) is 6.26. The lowest BCUT2D eigenvalue weighted by Gasteiger charge is -2.28. The summed E-state index contributed by atoms with van der Waals surface area (Å²) in [6.07, 6.45) is 0. The zero-order valence-corrected chi connectivity index (χ0v) is 15.3. The minimum atomic E-state index is -0.289. The Hall–Kier alpha value is -2.56. The van der Waals surface area contributed by atoms with Crippen LogP contribution >= 0.6 is 0 Å². The van der Waals surface area contributed by atoms with Crippen LogP contribution in [0.3, 0.4) is 0 Å². The maximum absolute atomic E-state index is 13.1. The van der Waals surface area contributed by atoms with Crippen molar-refractivity contribution in [2.75, 3.05) is 14.2 Å². The number of halogens is 1. The maximum Gasteiger partial charge on any atom is 0.318 e. The standard InChI is InChI=1S/C20H25FN2O2/c1-13-6-11-19(25-5)18(12-13)14(2)22-20(24)23(4)15(3)16-7-9-17(21)10-8-16/h6-12,14-15H,1-5H3,(H,22,24)/t14-,15-/m0/s1. The fourth-order valence-corrected chi connectivity index (χ4v) is 2.70. The van der Waals surface area contributed by atoms with E-state index in [9.17, 15) is 9.18 Å². The molecule has 5 heteroatoms. The van der Waals surface area contributed by atoms with Crippen molar-refractivity contribution in [3.63, 3.8) is 0 Å². The summed E-state index contributed by atoms with van der Waals surface area (Å²) in [4.78, 5) is 14.2. The lowest BCUT2D eigenvalue weighted by molar-refractivity contribution is 0.191. The zero-order valence-electron chi connectivity index (χ0n) is 15.3. The number of amides is 2. The van der Waals surface area contributed by atoms with Gasteiger partial charge >= 0.3 is 6.03 Å². The molecule has 2 aromatic carbocycles. The average Bonchev–Trinajstić information content (AvgIpc) is 2.60. The van der Waals surface area contributed by atoms with Crippen LogP contribution in [0.15, 0.2) is 42.5 Å². The monoisotopic (exact) mass is 344 g/mol. The molecule has 0 radical (unpaired) electrons. The number of nitrogens with one attached hydrogen (secondary N) is 1. The molecule has 2 rings (SSSR count). The van der Waals surface area contributed by atoms with Crippen molar-refractivity contribution in [2.45, 2.75) is 32.9 Å². The molecule has 0 spiro atoms. The molecule has 2 aromatic rings. The van der Waals surface area contributed by atoms with Crippen LogP contribution in [0.1, 0.15) is 42.6 Å². The molecule has 0 aromatic heterocycles. The summed E-state index contributed by atoms with van der Waals surface area (Å²) in [6.45, 7) is 5.83. The van der Waals surface area contributed by atoms with Crippen molar-refractivity contribution in [1.29, 1.82) is 0 Å². The third kappa shape index (κ3) is 4.50. The summed E-state index contributed by atoms with van der Waals surface area (Å²) < 4.78 is 18.5. The highest BCUT2D eigenvalue weighted by molar-refractivity contribution is 5.75. The highest BCUT2D eigenvalue weighted by atomic mass is 19.1. The van der Waals surface area contributed by atoms with E-state index in [4.69, 9.17) is 4.74 Å². The van der Waals surface area contributed by atoms with Gasteiger partial charge in [-0.3, -0.25) is 0 Å². The molecule has 0 fully saturated rings. The van der Waals surface area contributed by atoms with Gasteiger partial charge in [-0.1, -0.05) is 29.8 Å². The van der Waals surface area contributed by atoms with Gasteiger partial charge in [-0.2, -0.15) is 0 Å². The molecule has 0 saturated carbocycles. The van der Waals surface area contributed by atoms with Gasteiger partial charge in [0.15, 0.2) is 0 Å². The number of carbonyl (C=O) groups excluding carboxylic acids is 1. The Bertz CT molecular complexity index is 731. The van der Waals surface area contributed by atoms with Crippen LogP contribution in [0.4, 0.5) is 9.18 Å². The van der Waals surface area contributed by atoms with E-state index in [2.05, 4.69) is 5.32 Å². The van der Waals surface area contributed by atoms with Crippen LogP contribution in [0.2, 0.25) is 0 Å². The number of urea groups is 1. The largest absolute Gasteiger partial charge is 0.496 e. The third-order valence-electron chi connectivity index (χ3n) is 4.45. The predicted molar refractivity (Wildman–Crippen MR) is 97.3 cm³/mol. The van der Waals surface area contributed by atoms with Gasteiger partial charge in [-0.05, 0) is 44.5 Å². The number of carbonyl (C=O) groups is 1. The van der Waals surface area contributed by atoms with Gasteiger partial charge in [0.2, 0.25) is 0 Å². The number of ether oxygens (including phenoxy) is 1. The molecule has 2 atom stereocenters. The molecule has 134 valence electrons. The zero-order chi connectivity index (χ0) is 18.6.